The zero-order valence-corrected chi connectivity index (χ0v) is 9.99. The van der Waals surface area contributed by atoms with Crippen LogP contribution in [0.15, 0.2) is 18.2 Å². The lowest BCUT2D eigenvalue weighted by atomic mass is 10.2. The van der Waals surface area contributed by atoms with Crippen molar-refractivity contribution in [2.45, 2.75) is 19.4 Å². The topological polar surface area (TPSA) is 58.6 Å². The number of aliphatic hydroxyl groups excluding tert-OH is 1. The highest BCUT2D eigenvalue weighted by Crippen LogP contribution is 2.27. The Morgan fingerprint density at radius 3 is 2.94 bits per heavy atom. The molecule has 5 heteroatoms. The predicted octanol–water partition coefficient (Wildman–Crippen LogP) is 1.22. The third kappa shape index (κ3) is 3.70. The van der Waals surface area contributed by atoms with Crippen LogP contribution >= 0.6 is 0 Å². The molecule has 0 aliphatic heterocycles. The molecule has 1 aromatic carbocycles. The zero-order valence-electron chi connectivity index (χ0n) is 9.99. The van der Waals surface area contributed by atoms with E-state index in [1.807, 2.05) is 0 Å². The van der Waals surface area contributed by atoms with Gasteiger partial charge in [-0.1, -0.05) is 0 Å². The van der Waals surface area contributed by atoms with Gasteiger partial charge in [0, 0.05) is 12.1 Å². The van der Waals surface area contributed by atoms with Crippen molar-refractivity contribution in [3.8, 4) is 5.75 Å². The van der Waals surface area contributed by atoms with Crippen LogP contribution in [0.4, 0.5) is 4.39 Å². The van der Waals surface area contributed by atoms with Crippen LogP contribution in [0.2, 0.25) is 0 Å². The van der Waals surface area contributed by atoms with Gasteiger partial charge in [0.1, 0.15) is 11.6 Å². The summed E-state index contributed by atoms with van der Waals surface area (Å²) >= 11 is 0. The van der Waals surface area contributed by atoms with Crippen LogP contribution in [0.5, 0.6) is 5.75 Å². The van der Waals surface area contributed by atoms with E-state index in [1.54, 1.807) is 0 Å². The molecule has 1 aliphatic rings. The van der Waals surface area contributed by atoms with E-state index in [0.29, 0.717) is 23.8 Å². The van der Waals surface area contributed by atoms with Crippen molar-refractivity contribution in [1.29, 1.82) is 0 Å². The Hall–Kier alpha value is -1.62. The first-order valence-electron chi connectivity index (χ1n) is 5.98. The lowest BCUT2D eigenvalue weighted by molar-refractivity contribution is -0.123. The van der Waals surface area contributed by atoms with Crippen molar-refractivity contribution in [2.24, 2.45) is 5.92 Å². The van der Waals surface area contributed by atoms with Gasteiger partial charge in [0.25, 0.3) is 5.91 Å². The summed E-state index contributed by atoms with van der Waals surface area (Å²) < 4.78 is 18.2. The summed E-state index contributed by atoms with van der Waals surface area (Å²) in [5.74, 6) is 0.313. The summed E-state index contributed by atoms with van der Waals surface area (Å²) in [7, 11) is 0. The van der Waals surface area contributed by atoms with E-state index in [-0.39, 0.29) is 19.1 Å². The Morgan fingerprint density at radius 1 is 1.50 bits per heavy atom. The predicted molar refractivity (Wildman–Crippen MR) is 63.6 cm³/mol. The van der Waals surface area contributed by atoms with E-state index >= 15 is 0 Å². The number of amides is 1. The van der Waals surface area contributed by atoms with Crippen LogP contribution in [0, 0.1) is 11.7 Å². The van der Waals surface area contributed by atoms with Crippen molar-refractivity contribution >= 4 is 5.91 Å². The molecule has 0 heterocycles. The van der Waals surface area contributed by atoms with Gasteiger partial charge in [-0.15, -0.1) is 0 Å². The number of ether oxygens (including phenoxy) is 1. The molecule has 18 heavy (non-hydrogen) atoms. The SMILES string of the molecule is O=C(COc1ccc(F)cc1CO)NCC1CC1. The third-order valence-electron chi connectivity index (χ3n) is 2.84. The molecule has 1 amide bonds. The first kappa shape index (κ1) is 12.8. The lowest BCUT2D eigenvalue weighted by Gasteiger charge is -2.10. The van der Waals surface area contributed by atoms with Crippen molar-refractivity contribution in [3.05, 3.63) is 29.6 Å². The number of rotatable bonds is 6. The van der Waals surface area contributed by atoms with Crippen LogP contribution in [-0.2, 0) is 11.4 Å². The summed E-state index contributed by atoms with van der Waals surface area (Å²) in [6, 6.07) is 3.84. The van der Waals surface area contributed by atoms with E-state index in [2.05, 4.69) is 5.32 Å². The Morgan fingerprint density at radius 2 is 2.28 bits per heavy atom. The average molecular weight is 253 g/mol. The fourth-order valence-corrected chi connectivity index (χ4v) is 1.59. The lowest BCUT2D eigenvalue weighted by Crippen LogP contribution is -2.30. The second-order valence-corrected chi connectivity index (χ2v) is 4.45. The second-order valence-electron chi connectivity index (χ2n) is 4.45. The smallest absolute Gasteiger partial charge is 0.257 e. The van der Waals surface area contributed by atoms with Gasteiger partial charge < -0.3 is 15.2 Å². The summed E-state index contributed by atoms with van der Waals surface area (Å²) in [6.45, 7) is 0.251. The molecule has 2 N–H and O–H groups in total. The highest BCUT2D eigenvalue weighted by atomic mass is 19.1. The van der Waals surface area contributed by atoms with E-state index in [1.165, 1.54) is 31.0 Å². The van der Waals surface area contributed by atoms with Gasteiger partial charge in [-0.2, -0.15) is 0 Å². The van der Waals surface area contributed by atoms with Crippen molar-refractivity contribution in [2.75, 3.05) is 13.2 Å². The van der Waals surface area contributed by atoms with Crippen LogP contribution < -0.4 is 10.1 Å². The molecule has 2 rings (SSSR count). The Kier molecular flexibility index (Phi) is 4.15. The first-order chi connectivity index (χ1) is 8.69. The fourth-order valence-electron chi connectivity index (χ4n) is 1.59. The van der Waals surface area contributed by atoms with Crippen LogP contribution in [0.3, 0.4) is 0 Å². The Labute approximate surface area is 105 Å². The standard InChI is InChI=1S/C13H16FNO3/c14-11-3-4-12(10(5-11)7-16)18-8-13(17)15-6-9-1-2-9/h3-5,9,16H,1-2,6-8H2,(H,15,17). The summed E-state index contributed by atoms with van der Waals surface area (Å²) in [6.07, 6.45) is 2.35. The monoisotopic (exact) mass is 253 g/mol. The molecule has 0 aromatic heterocycles. The molecule has 0 spiro atoms. The maximum absolute atomic E-state index is 12.9. The molecule has 4 nitrogen and oxygen atoms in total. The zero-order chi connectivity index (χ0) is 13.0. The van der Waals surface area contributed by atoms with Gasteiger partial charge in [-0.05, 0) is 37.0 Å². The van der Waals surface area contributed by atoms with Crippen LogP contribution in [0.1, 0.15) is 18.4 Å². The quantitative estimate of drug-likeness (QED) is 0.801. The highest BCUT2D eigenvalue weighted by Gasteiger charge is 2.21. The molecular formula is C13H16FNO3. The van der Waals surface area contributed by atoms with Crippen LogP contribution in [0.25, 0.3) is 0 Å². The number of hydrogen-bond donors (Lipinski definition) is 2. The minimum absolute atomic E-state index is 0.120. The van der Waals surface area contributed by atoms with Gasteiger partial charge in [0.2, 0.25) is 0 Å². The largest absolute Gasteiger partial charge is 0.483 e. The number of benzene rings is 1. The van der Waals surface area contributed by atoms with E-state index in [9.17, 15) is 9.18 Å². The number of hydrogen-bond acceptors (Lipinski definition) is 3. The Balaban J connectivity index is 1.82. The Bertz CT molecular complexity index is 432. The minimum atomic E-state index is -0.440. The molecule has 0 radical (unpaired) electrons. The summed E-state index contributed by atoms with van der Waals surface area (Å²) in [5.41, 5.74) is 0.338. The van der Waals surface area contributed by atoms with Gasteiger partial charge in [-0.3, -0.25) is 4.79 Å². The maximum atomic E-state index is 12.9. The summed E-state index contributed by atoms with van der Waals surface area (Å²) in [5, 5.41) is 11.8. The van der Waals surface area contributed by atoms with Gasteiger partial charge >= 0.3 is 0 Å². The fraction of sp³-hybridized carbons (Fsp3) is 0.462. The van der Waals surface area contributed by atoms with Gasteiger partial charge in [0.05, 0.1) is 6.61 Å². The second kappa shape index (κ2) is 5.82. The molecule has 1 fully saturated rings. The summed E-state index contributed by atoms with van der Waals surface area (Å²) in [4.78, 5) is 11.4. The van der Waals surface area contributed by atoms with Crippen molar-refractivity contribution in [3.63, 3.8) is 0 Å². The third-order valence-corrected chi connectivity index (χ3v) is 2.84. The molecule has 98 valence electrons. The molecule has 1 aromatic rings. The van der Waals surface area contributed by atoms with Gasteiger partial charge in [0.15, 0.2) is 6.61 Å². The maximum Gasteiger partial charge on any atom is 0.257 e. The number of halogens is 1. The normalized spacial score (nSPS) is 14.3. The molecule has 1 aliphatic carbocycles. The molecule has 1 saturated carbocycles. The molecule has 0 bridgehead atoms. The number of carbonyl (C=O) groups excluding carboxylic acids is 1. The minimum Gasteiger partial charge on any atom is -0.483 e. The van der Waals surface area contributed by atoms with E-state index in [4.69, 9.17) is 9.84 Å². The van der Waals surface area contributed by atoms with E-state index in [0.717, 1.165) is 0 Å². The average Bonchev–Trinajstić information content (AvgIpc) is 3.18. The number of nitrogens with one attached hydrogen (secondary N) is 1. The molecule has 0 saturated heterocycles. The van der Waals surface area contributed by atoms with Gasteiger partial charge in [-0.25, -0.2) is 4.39 Å². The molecule has 0 unspecified atom stereocenters. The highest BCUT2D eigenvalue weighted by molar-refractivity contribution is 5.77. The number of aliphatic hydroxyl groups is 1. The van der Waals surface area contributed by atoms with E-state index < -0.39 is 5.82 Å². The molecular weight excluding hydrogens is 237 g/mol. The van der Waals surface area contributed by atoms with Crippen LogP contribution in [-0.4, -0.2) is 24.2 Å². The molecule has 0 atom stereocenters. The number of carbonyl (C=O) groups is 1. The first-order valence-corrected chi connectivity index (χ1v) is 5.98. The van der Waals surface area contributed by atoms with Crippen molar-refractivity contribution < 1.29 is 19.0 Å². The van der Waals surface area contributed by atoms with Crippen molar-refractivity contribution in [1.82, 2.24) is 5.32 Å².